The molecule has 2 amide bonds. The average Bonchev–Trinajstić information content (AvgIpc) is 3.49. The highest BCUT2D eigenvalue weighted by molar-refractivity contribution is 6.05. The molecule has 0 aliphatic heterocycles. The molecule has 36 heavy (non-hydrogen) atoms. The van der Waals surface area contributed by atoms with Crippen molar-refractivity contribution in [2.45, 2.75) is 13.0 Å². The van der Waals surface area contributed by atoms with Gasteiger partial charge in [-0.3, -0.25) is 14.3 Å². The summed E-state index contributed by atoms with van der Waals surface area (Å²) < 4.78 is 3.28. The number of rotatable bonds is 8. The first kappa shape index (κ1) is 24.7. The van der Waals surface area contributed by atoms with Crippen molar-refractivity contribution in [3.05, 3.63) is 66.1 Å². The molecule has 0 aliphatic carbocycles. The number of nitrogens with zero attached hydrogens (tertiary/aromatic N) is 5. The molecule has 0 aliphatic rings. The molecule has 184 valence electrons. The van der Waals surface area contributed by atoms with Crippen molar-refractivity contribution < 1.29 is 19.8 Å². The summed E-state index contributed by atoms with van der Waals surface area (Å²) in [6.45, 7) is 0.535. The molecule has 2 aromatic carbocycles. The molecular weight excluding hydrogens is 460 g/mol. The van der Waals surface area contributed by atoms with Gasteiger partial charge in [0, 0.05) is 36.3 Å². The third-order valence-corrected chi connectivity index (χ3v) is 5.63. The van der Waals surface area contributed by atoms with Crippen LogP contribution >= 0.6 is 0 Å². The Labute approximate surface area is 207 Å². The Kier molecular flexibility index (Phi) is 7.44. The molecule has 2 heterocycles. The van der Waals surface area contributed by atoms with E-state index in [2.05, 4.69) is 22.0 Å². The predicted octanol–water partition coefficient (Wildman–Crippen LogP) is 1.17. The van der Waals surface area contributed by atoms with Crippen LogP contribution in [0.2, 0.25) is 0 Å². The van der Waals surface area contributed by atoms with Crippen molar-refractivity contribution in [2.75, 3.05) is 26.8 Å². The van der Waals surface area contributed by atoms with Gasteiger partial charge in [0.25, 0.3) is 5.91 Å². The summed E-state index contributed by atoms with van der Waals surface area (Å²) in [6, 6.07) is 12.9. The molecule has 10 heteroatoms. The van der Waals surface area contributed by atoms with Crippen molar-refractivity contribution in [3.8, 4) is 28.7 Å². The van der Waals surface area contributed by atoms with Gasteiger partial charge >= 0.3 is 0 Å². The molecule has 0 spiro atoms. The molecule has 10 nitrogen and oxygen atoms in total. The van der Waals surface area contributed by atoms with E-state index in [1.54, 1.807) is 22.6 Å². The van der Waals surface area contributed by atoms with E-state index in [0.29, 0.717) is 28.7 Å². The van der Waals surface area contributed by atoms with Gasteiger partial charge < -0.3 is 20.8 Å². The molecule has 0 atom stereocenters. The molecule has 0 saturated carbocycles. The Balaban J connectivity index is 1.67. The maximum Gasteiger partial charge on any atom is 0.269 e. The number of hydrogen-bond donors (Lipinski definition) is 3. The number of fused-ring (bicyclic) bond motifs is 1. The molecule has 0 fully saturated rings. The number of nitrogens with two attached hydrogens (primary N) is 1. The number of aromatic nitrogens is 4. The minimum Gasteiger partial charge on any atom is -0.395 e. The molecule has 0 bridgehead atoms. The normalized spacial score (nSPS) is 10.8. The molecule has 0 unspecified atom stereocenters. The number of hydrogen-bond acceptors (Lipinski definition) is 6. The van der Waals surface area contributed by atoms with Gasteiger partial charge in [0.05, 0.1) is 43.6 Å². The van der Waals surface area contributed by atoms with E-state index in [1.807, 2.05) is 48.7 Å². The van der Waals surface area contributed by atoms with Crippen LogP contribution in [0.4, 0.5) is 0 Å². The van der Waals surface area contributed by atoms with E-state index in [0.717, 1.165) is 11.1 Å². The Bertz CT molecular complexity index is 1480. The van der Waals surface area contributed by atoms with Gasteiger partial charge in [-0.15, -0.1) is 0 Å². The minimum atomic E-state index is -0.645. The van der Waals surface area contributed by atoms with Crippen molar-refractivity contribution >= 4 is 22.7 Å². The molecular formula is C26H26N6O4. The lowest BCUT2D eigenvalue weighted by atomic mass is 10.1. The van der Waals surface area contributed by atoms with Crippen molar-refractivity contribution in [1.29, 1.82) is 0 Å². The number of primary amides is 1. The van der Waals surface area contributed by atoms with Crippen molar-refractivity contribution in [3.63, 3.8) is 0 Å². The summed E-state index contributed by atoms with van der Waals surface area (Å²) in [4.78, 5) is 25.7. The number of aliphatic hydroxyl groups is 2. The molecule has 4 rings (SSSR count). The van der Waals surface area contributed by atoms with Crippen LogP contribution in [0.25, 0.3) is 27.7 Å². The first-order valence-electron chi connectivity index (χ1n) is 11.3. The summed E-state index contributed by atoms with van der Waals surface area (Å²) in [6.07, 6.45) is 3.55. The molecule has 4 N–H and O–H groups in total. The quantitative estimate of drug-likeness (QED) is 0.320. The van der Waals surface area contributed by atoms with Crippen LogP contribution in [0, 0.1) is 11.8 Å². The highest BCUT2D eigenvalue weighted by Gasteiger charge is 2.17. The second-order valence-corrected chi connectivity index (χ2v) is 8.14. The number of benzene rings is 2. The van der Waals surface area contributed by atoms with Crippen molar-refractivity contribution in [2.24, 2.45) is 5.73 Å². The van der Waals surface area contributed by atoms with Crippen LogP contribution in [0.3, 0.4) is 0 Å². The van der Waals surface area contributed by atoms with Gasteiger partial charge in [-0.05, 0) is 35.9 Å². The van der Waals surface area contributed by atoms with E-state index in [9.17, 15) is 9.59 Å². The largest absolute Gasteiger partial charge is 0.395 e. The maximum absolute atomic E-state index is 12.2. The van der Waals surface area contributed by atoms with Gasteiger partial charge in [-0.1, -0.05) is 24.0 Å². The Morgan fingerprint density at radius 3 is 2.69 bits per heavy atom. The number of aliphatic hydroxyl groups excluding tert-OH is 2. The van der Waals surface area contributed by atoms with E-state index < -0.39 is 5.91 Å². The lowest BCUT2D eigenvalue weighted by molar-refractivity contribution is -0.129. The average molecular weight is 487 g/mol. The number of carbonyl (C=O) groups is 2. The van der Waals surface area contributed by atoms with Gasteiger partial charge in [0.15, 0.2) is 5.69 Å². The fourth-order valence-corrected chi connectivity index (χ4v) is 3.76. The summed E-state index contributed by atoms with van der Waals surface area (Å²) in [5, 5.41) is 27.4. The van der Waals surface area contributed by atoms with Gasteiger partial charge in [0.2, 0.25) is 5.91 Å². The van der Waals surface area contributed by atoms with Crippen LogP contribution < -0.4 is 5.73 Å². The van der Waals surface area contributed by atoms with Crippen LogP contribution in [-0.2, 0) is 11.3 Å². The topological polar surface area (TPSA) is 139 Å². The van der Waals surface area contributed by atoms with Crippen LogP contribution in [0.5, 0.6) is 0 Å². The number of likely N-dealkylation sites (N-methyl/N-ethyl adjacent to an activating group) is 1. The maximum atomic E-state index is 12.2. The monoisotopic (exact) mass is 486 g/mol. The summed E-state index contributed by atoms with van der Waals surface area (Å²) >= 11 is 0. The first-order valence-corrected chi connectivity index (χ1v) is 11.3. The fourth-order valence-electron chi connectivity index (χ4n) is 3.76. The number of amides is 2. The number of carbonyl (C=O) groups excluding carboxylic acids is 2. The minimum absolute atomic E-state index is 0.0146. The zero-order valence-corrected chi connectivity index (χ0v) is 19.8. The highest BCUT2D eigenvalue weighted by atomic mass is 16.3. The Morgan fingerprint density at radius 2 is 1.94 bits per heavy atom. The molecule has 0 radical (unpaired) electrons. The third-order valence-electron chi connectivity index (χ3n) is 5.63. The van der Waals surface area contributed by atoms with Gasteiger partial charge in [0.1, 0.15) is 0 Å². The lowest BCUT2D eigenvalue weighted by Crippen LogP contribution is -2.28. The first-order chi connectivity index (χ1) is 17.4. The van der Waals surface area contributed by atoms with Crippen molar-refractivity contribution in [1.82, 2.24) is 24.5 Å². The smallest absolute Gasteiger partial charge is 0.269 e. The van der Waals surface area contributed by atoms with Crippen LogP contribution in [0.15, 0.2) is 54.9 Å². The SMILES string of the molecule is CN(CCO)C(=O)CC#Cc1cccc(-n2nc(C(N)=O)c3cc(-c4cnn(CCO)c4)ccc32)c1. The molecule has 4 aromatic rings. The van der Waals surface area contributed by atoms with Crippen LogP contribution in [0.1, 0.15) is 22.5 Å². The summed E-state index contributed by atoms with van der Waals surface area (Å²) in [5.74, 6) is 5.03. The second-order valence-electron chi connectivity index (χ2n) is 8.14. The van der Waals surface area contributed by atoms with Gasteiger partial charge in [-0.2, -0.15) is 10.2 Å². The Morgan fingerprint density at radius 1 is 1.11 bits per heavy atom. The zero-order valence-electron chi connectivity index (χ0n) is 19.8. The van der Waals surface area contributed by atoms with E-state index in [-0.39, 0.29) is 37.8 Å². The van der Waals surface area contributed by atoms with E-state index >= 15 is 0 Å². The zero-order chi connectivity index (χ0) is 25.7. The standard InChI is InChI=1S/C26H26N6O4/c1-30(10-12-33)24(35)7-3-5-18-4-2-6-21(14-18)32-23-9-8-19(15-22(23)25(29-32)26(27)36)20-16-28-31(17-20)11-13-34/h2,4,6,8-9,14-17,33-34H,7,10-13H2,1H3,(H2,27,36). The summed E-state index contributed by atoms with van der Waals surface area (Å²) in [7, 11) is 1.62. The fraction of sp³-hybridized carbons (Fsp3) is 0.231. The highest BCUT2D eigenvalue weighted by Crippen LogP contribution is 2.28. The van der Waals surface area contributed by atoms with Crippen LogP contribution in [-0.4, -0.2) is 73.3 Å². The second kappa shape index (κ2) is 10.9. The summed E-state index contributed by atoms with van der Waals surface area (Å²) in [5.41, 5.74) is 9.52. The van der Waals surface area contributed by atoms with E-state index in [4.69, 9.17) is 15.9 Å². The molecule has 2 aromatic heterocycles. The van der Waals surface area contributed by atoms with Gasteiger partial charge in [-0.25, -0.2) is 4.68 Å². The Hall–Kier alpha value is -4.46. The molecule has 0 saturated heterocycles. The van der Waals surface area contributed by atoms with E-state index in [1.165, 1.54) is 4.90 Å². The predicted molar refractivity (Wildman–Crippen MR) is 134 cm³/mol. The lowest BCUT2D eigenvalue weighted by Gasteiger charge is -2.13. The third kappa shape index (κ3) is 5.27.